The molecule has 0 aromatic rings. The number of Topliss-reactive ketones (excluding diaryl/α,β-unsaturated/α-hetero) is 2. The summed E-state index contributed by atoms with van der Waals surface area (Å²) in [6.45, 7) is 3.67. The Morgan fingerprint density at radius 2 is 1.77 bits per heavy atom. The molecule has 0 bridgehead atoms. The van der Waals surface area contributed by atoms with Gasteiger partial charge in [-0.15, -0.1) is 0 Å². The Kier molecular flexibility index (Phi) is 14.5. The van der Waals surface area contributed by atoms with Crippen LogP contribution in [0.5, 0.6) is 0 Å². The summed E-state index contributed by atoms with van der Waals surface area (Å²) >= 11 is 0. The number of likely N-dealkylation sites (tertiary alicyclic amines) is 1. The third kappa shape index (κ3) is 10.1. The summed E-state index contributed by atoms with van der Waals surface area (Å²) in [5.41, 5.74) is -0.966. The number of ketones is 2. The van der Waals surface area contributed by atoms with Crippen LogP contribution < -0.4 is 0 Å². The maximum absolute atomic E-state index is 13.6. The molecule has 0 spiro atoms. The highest BCUT2D eigenvalue weighted by Crippen LogP contribution is 2.33. The van der Waals surface area contributed by atoms with Gasteiger partial charge in [0.1, 0.15) is 35.7 Å². The van der Waals surface area contributed by atoms with Crippen LogP contribution in [0.15, 0.2) is 24.0 Å². The number of piperidine rings is 1. The van der Waals surface area contributed by atoms with Gasteiger partial charge in [-0.05, 0) is 95.6 Å². The zero-order valence-electron chi connectivity index (χ0n) is 28.3. The molecule has 0 radical (unpaired) electrons. The quantitative estimate of drug-likeness (QED) is 0.0937. The summed E-state index contributed by atoms with van der Waals surface area (Å²) < 4.78 is 16.6. The van der Waals surface area contributed by atoms with Crippen molar-refractivity contribution in [3.63, 3.8) is 0 Å². The predicted molar refractivity (Wildman–Crippen MR) is 171 cm³/mol. The average molecular weight is 678 g/mol. The molecule has 3 aliphatic rings. The van der Waals surface area contributed by atoms with Crippen LogP contribution in [0, 0.1) is 17.3 Å². The minimum Gasteiger partial charge on any atom is -0.462 e. The number of allylic oxidation sites excluding steroid dienone is 3. The molecule has 3 rings (SSSR count). The number of esters is 2. The number of nitrogens with zero attached hydrogens (tertiary/aromatic N) is 1. The van der Waals surface area contributed by atoms with E-state index >= 15 is 0 Å². The van der Waals surface area contributed by atoms with E-state index in [0.717, 1.165) is 4.90 Å². The molecule has 4 atom stereocenters. The van der Waals surface area contributed by atoms with Crippen molar-refractivity contribution in [2.45, 2.75) is 122 Å². The first kappa shape index (κ1) is 39.0. The van der Waals surface area contributed by atoms with E-state index in [2.05, 4.69) is 0 Å². The topological polar surface area (TPSA) is 194 Å². The van der Waals surface area contributed by atoms with Gasteiger partial charge in [0.2, 0.25) is 0 Å². The molecule has 2 aliphatic heterocycles. The predicted octanol–water partition coefficient (Wildman–Crippen LogP) is 2.47. The molecule has 2 heterocycles. The van der Waals surface area contributed by atoms with Gasteiger partial charge in [0, 0.05) is 25.3 Å². The van der Waals surface area contributed by atoms with Crippen LogP contribution in [0.3, 0.4) is 0 Å². The lowest BCUT2D eigenvalue weighted by Crippen LogP contribution is -2.58. The molecule has 3 N–H and O–H groups in total. The van der Waals surface area contributed by atoms with E-state index in [1.807, 2.05) is 0 Å². The number of rotatable bonds is 16. The fraction of sp³-hybridized carbons (Fsp3) is 0.714. The summed E-state index contributed by atoms with van der Waals surface area (Å²) in [6.07, 6.45) is 9.03. The Balaban J connectivity index is 1.66. The summed E-state index contributed by atoms with van der Waals surface area (Å²) in [6, 6.07) is -1.07. The average Bonchev–Trinajstić information content (AvgIpc) is 3.10. The van der Waals surface area contributed by atoms with Crippen LogP contribution in [-0.2, 0) is 43.0 Å². The van der Waals surface area contributed by atoms with Gasteiger partial charge >= 0.3 is 11.9 Å². The van der Waals surface area contributed by atoms with E-state index in [9.17, 15) is 44.1 Å². The van der Waals surface area contributed by atoms with Crippen molar-refractivity contribution >= 4 is 35.7 Å². The van der Waals surface area contributed by atoms with E-state index in [-0.39, 0.29) is 43.6 Å². The summed E-state index contributed by atoms with van der Waals surface area (Å²) in [4.78, 5) is 77.6. The minimum atomic E-state index is -2.34. The van der Waals surface area contributed by atoms with Crippen molar-refractivity contribution in [1.29, 1.82) is 0 Å². The molecule has 0 aromatic carbocycles. The normalized spacial score (nSPS) is 27.0. The summed E-state index contributed by atoms with van der Waals surface area (Å²) in [5, 5.41) is 29.9. The van der Waals surface area contributed by atoms with Crippen LogP contribution in [0.25, 0.3) is 0 Å². The van der Waals surface area contributed by atoms with Crippen molar-refractivity contribution in [1.82, 2.24) is 4.90 Å². The van der Waals surface area contributed by atoms with Crippen molar-refractivity contribution in [3.05, 3.63) is 24.0 Å². The smallest absolute Gasteiger partial charge is 0.329 e. The van der Waals surface area contributed by atoms with Crippen LogP contribution in [-0.4, -0.2) is 99.7 Å². The number of ether oxygens (including phenoxy) is 3. The second-order valence-corrected chi connectivity index (χ2v) is 13.7. The largest absolute Gasteiger partial charge is 0.462 e. The number of carbonyl (C=O) groups is 6. The maximum Gasteiger partial charge on any atom is 0.329 e. The Labute approximate surface area is 281 Å². The van der Waals surface area contributed by atoms with Crippen molar-refractivity contribution < 1.29 is 58.3 Å². The number of aliphatic hydroxyl groups excluding tert-OH is 2. The second kappa shape index (κ2) is 17.8. The van der Waals surface area contributed by atoms with E-state index in [1.165, 1.54) is 19.3 Å². The van der Waals surface area contributed by atoms with E-state index < -0.39 is 66.1 Å². The monoisotopic (exact) mass is 677 g/mol. The molecule has 268 valence electrons. The highest BCUT2D eigenvalue weighted by molar-refractivity contribution is 6.39. The lowest BCUT2D eigenvalue weighted by molar-refractivity contribution is -0.210. The first-order valence-corrected chi connectivity index (χ1v) is 17.0. The van der Waals surface area contributed by atoms with E-state index in [1.54, 1.807) is 19.9 Å². The molecule has 1 saturated heterocycles. The number of hydrogen-bond acceptors (Lipinski definition) is 12. The Morgan fingerprint density at radius 3 is 2.40 bits per heavy atom. The molecule has 13 heteroatoms. The van der Waals surface area contributed by atoms with Crippen molar-refractivity contribution in [2.24, 2.45) is 17.3 Å². The van der Waals surface area contributed by atoms with Gasteiger partial charge in [-0.25, -0.2) is 4.79 Å². The molecule has 0 unspecified atom stereocenters. The van der Waals surface area contributed by atoms with Crippen molar-refractivity contribution in [2.75, 3.05) is 19.8 Å². The highest BCUT2D eigenvalue weighted by atomic mass is 16.6. The third-order valence-corrected chi connectivity index (χ3v) is 9.79. The SMILES string of the molecule is C/C(C=O)=C\CC(=O)C[C@@H](CC[C@H]1CC[C@H](OC(=O)C(C)(CO)CO)CC1)OC(=O)[C@@H]1CCCCN1C(=O)C(=O)[C@]1(O)OC=CC[C@H]1C. The fourth-order valence-electron chi connectivity index (χ4n) is 6.21. The summed E-state index contributed by atoms with van der Waals surface area (Å²) in [5.74, 6) is -6.60. The Bertz CT molecular complexity index is 1230. The van der Waals surface area contributed by atoms with E-state index in [4.69, 9.17) is 14.2 Å². The zero-order valence-corrected chi connectivity index (χ0v) is 28.3. The third-order valence-electron chi connectivity index (χ3n) is 9.79. The lowest BCUT2D eigenvalue weighted by Gasteiger charge is -2.38. The Hall–Kier alpha value is -3.42. The standard InChI is InChI=1S/C35H51NO12/c1-23(20-37)9-13-26(40)19-28(16-12-25-10-14-27(15-11-25)48-33(44)34(3,21-38)22-39)47-32(43)29-8-4-5-17-36(29)31(42)30(41)35(45)24(2)7-6-18-46-35/h6,9,18,20,24-25,27-29,38-39,45H,4-5,7-8,10-17,19,21-22H2,1-3H3/b23-9+/t24-,25-,27-,28-,29+,35-/m1/s1. The number of hydrogen-bond donors (Lipinski definition) is 3. The molecular weight excluding hydrogens is 626 g/mol. The van der Waals surface area contributed by atoms with Crippen LogP contribution in [0.4, 0.5) is 0 Å². The molecule has 0 aromatic heterocycles. The van der Waals surface area contributed by atoms with Gasteiger partial charge in [0.15, 0.2) is 0 Å². The van der Waals surface area contributed by atoms with Gasteiger partial charge in [0.25, 0.3) is 17.5 Å². The molecule has 2 fully saturated rings. The van der Waals surface area contributed by atoms with Gasteiger partial charge in [-0.2, -0.15) is 0 Å². The zero-order chi connectivity index (χ0) is 35.5. The highest BCUT2D eigenvalue weighted by Gasteiger charge is 2.51. The number of aliphatic hydroxyl groups is 3. The van der Waals surface area contributed by atoms with E-state index in [0.29, 0.717) is 69.6 Å². The number of carbonyl (C=O) groups excluding carboxylic acids is 6. The molecule has 1 saturated carbocycles. The maximum atomic E-state index is 13.6. The first-order valence-electron chi connectivity index (χ1n) is 17.0. The lowest BCUT2D eigenvalue weighted by atomic mass is 9.83. The molecule has 1 aliphatic carbocycles. The molecule has 13 nitrogen and oxygen atoms in total. The van der Waals surface area contributed by atoms with Crippen LogP contribution >= 0.6 is 0 Å². The fourth-order valence-corrected chi connectivity index (χ4v) is 6.21. The van der Waals surface area contributed by atoms with Crippen molar-refractivity contribution in [3.8, 4) is 0 Å². The van der Waals surface area contributed by atoms with Gasteiger partial charge in [-0.1, -0.05) is 13.0 Å². The minimum absolute atomic E-state index is 0.0105. The van der Waals surface area contributed by atoms with Gasteiger partial charge in [-0.3, -0.25) is 24.0 Å². The van der Waals surface area contributed by atoms with Gasteiger partial charge < -0.3 is 34.4 Å². The summed E-state index contributed by atoms with van der Waals surface area (Å²) in [7, 11) is 0. The number of amides is 1. The number of aldehydes is 1. The molecule has 48 heavy (non-hydrogen) atoms. The van der Waals surface area contributed by atoms with Crippen LogP contribution in [0.1, 0.15) is 97.8 Å². The Morgan fingerprint density at radius 1 is 1.08 bits per heavy atom. The molecular formula is C35H51NO12. The first-order chi connectivity index (χ1) is 22.8. The second-order valence-electron chi connectivity index (χ2n) is 13.7. The van der Waals surface area contributed by atoms with Crippen LogP contribution in [0.2, 0.25) is 0 Å². The van der Waals surface area contributed by atoms with Gasteiger partial charge in [0.05, 0.1) is 19.5 Å². The molecule has 1 amide bonds.